The van der Waals surface area contributed by atoms with Crippen LogP contribution in [0, 0.1) is 0 Å². The van der Waals surface area contributed by atoms with E-state index in [4.69, 9.17) is 33.2 Å². The Bertz CT molecular complexity index is 1340. The maximum absolute atomic E-state index is 12.2. The van der Waals surface area contributed by atoms with E-state index in [1.165, 1.54) is 14.2 Å². The molecule has 0 radical (unpaired) electrons. The van der Waals surface area contributed by atoms with Gasteiger partial charge in [-0.15, -0.1) is 0 Å². The average molecular weight is 587 g/mol. The molecule has 0 saturated heterocycles. The van der Waals surface area contributed by atoms with E-state index in [2.05, 4.69) is 0 Å². The molecule has 0 fully saturated rings. The molecule has 0 N–H and O–H groups in total. The molecular weight excluding hydrogens is 552 g/mol. The number of esters is 2. The van der Waals surface area contributed by atoms with E-state index in [1.54, 1.807) is 36.4 Å². The van der Waals surface area contributed by atoms with Crippen LogP contribution in [-0.4, -0.2) is 52.6 Å². The van der Waals surface area contributed by atoms with Crippen LogP contribution in [-0.2, 0) is 27.4 Å². The lowest BCUT2D eigenvalue weighted by atomic mass is 10.2. The van der Waals surface area contributed by atoms with Gasteiger partial charge in [0.15, 0.2) is 0 Å². The first-order valence-electron chi connectivity index (χ1n) is 13.7. The van der Waals surface area contributed by atoms with Crippen LogP contribution in [0.1, 0.15) is 31.8 Å². The van der Waals surface area contributed by atoms with E-state index >= 15 is 0 Å². The van der Waals surface area contributed by atoms with Crippen LogP contribution in [0.2, 0.25) is 0 Å². The van der Waals surface area contributed by atoms with Crippen LogP contribution in [0.25, 0.3) is 0 Å². The van der Waals surface area contributed by atoms with Gasteiger partial charge in [-0.3, -0.25) is 0 Å². The first-order valence-corrected chi connectivity index (χ1v) is 13.7. The highest BCUT2D eigenvalue weighted by Gasteiger charge is 2.16. The number of carbonyl (C=O) groups excluding carboxylic acids is 2. The second kappa shape index (κ2) is 16.4. The van der Waals surface area contributed by atoms with Crippen LogP contribution in [0.5, 0.6) is 23.0 Å². The fraction of sp³-hybridized carbons (Fsp3) is 0.235. The molecule has 4 aromatic carbocycles. The quantitative estimate of drug-likeness (QED) is 0.118. The number of methoxy groups -OCH3 is 2. The summed E-state index contributed by atoms with van der Waals surface area (Å²) in [5.74, 6) is 0.722. The van der Waals surface area contributed by atoms with Crippen molar-refractivity contribution >= 4 is 11.9 Å². The third kappa shape index (κ3) is 9.51. The smallest absolute Gasteiger partial charge is 0.341 e. The molecule has 0 saturated carbocycles. The lowest BCUT2D eigenvalue weighted by Crippen LogP contribution is -2.14. The minimum absolute atomic E-state index is 0.169. The SMILES string of the molecule is COC(=O)c1ccc(OCc2ccccc2)cc1OCCOCCOc1cc(OCc2ccccc2)ccc1C(=O)OC. The Morgan fingerprint density at radius 1 is 0.512 bits per heavy atom. The first-order chi connectivity index (χ1) is 21.1. The molecule has 0 aliphatic heterocycles. The van der Waals surface area contributed by atoms with Crippen LogP contribution >= 0.6 is 0 Å². The van der Waals surface area contributed by atoms with Crippen molar-refractivity contribution < 1.29 is 42.7 Å². The summed E-state index contributed by atoms with van der Waals surface area (Å²) >= 11 is 0. The van der Waals surface area contributed by atoms with Crippen molar-refractivity contribution in [1.82, 2.24) is 0 Å². The Labute approximate surface area is 250 Å². The summed E-state index contributed by atoms with van der Waals surface area (Å²) in [6.45, 7) is 1.54. The van der Waals surface area contributed by atoms with E-state index in [1.807, 2.05) is 60.7 Å². The standard InChI is InChI=1S/C34H34O9/c1-37-33(35)29-15-13-27(42-23-25-9-5-3-6-10-25)21-31(29)40-19-17-39-18-20-41-32-22-28(14-16-30(32)34(36)38-2)43-24-26-11-7-4-8-12-26/h3-16,21-22H,17-20,23-24H2,1-2H3. The Morgan fingerprint density at radius 2 is 0.930 bits per heavy atom. The molecule has 0 aromatic heterocycles. The van der Waals surface area contributed by atoms with E-state index in [-0.39, 0.29) is 37.6 Å². The summed E-state index contributed by atoms with van der Waals surface area (Å²) in [4.78, 5) is 24.5. The maximum atomic E-state index is 12.2. The van der Waals surface area contributed by atoms with Gasteiger partial charge in [-0.05, 0) is 35.4 Å². The summed E-state index contributed by atoms with van der Waals surface area (Å²) in [6, 6.07) is 29.4. The fourth-order valence-electron chi connectivity index (χ4n) is 3.99. The lowest BCUT2D eigenvalue weighted by molar-refractivity contribution is 0.0584. The molecule has 0 aliphatic carbocycles. The van der Waals surface area contributed by atoms with E-state index in [0.717, 1.165) is 11.1 Å². The molecule has 0 amide bonds. The van der Waals surface area contributed by atoms with E-state index < -0.39 is 11.9 Å². The van der Waals surface area contributed by atoms with Gasteiger partial charge in [0.1, 0.15) is 60.6 Å². The third-order valence-electron chi connectivity index (χ3n) is 6.18. The monoisotopic (exact) mass is 586 g/mol. The zero-order valence-electron chi connectivity index (χ0n) is 24.2. The van der Waals surface area contributed by atoms with Crippen molar-refractivity contribution in [3.8, 4) is 23.0 Å². The van der Waals surface area contributed by atoms with Crippen LogP contribution in [0.3, 0.4) is 0 Å². The second-order valence-electron chi connectivity index (χ2n) is 9.16. The van der Waals surface area contributed by atoms with Crippen molar-refractivity contribution in [3.05, 3.63) is 119 Å². The largest absolute Gasteiger partial charge is 0.490 e. The molecule has 224 valence electrons. The summed E-state index contributed by atoms with van der Waals surface area (Å²) in [5.41, 5.74) is 2.59. The molecule has 0 atom stereocenters. The van der Waals surface area contributed by atoms with Crippen LogP contribution < -0.4 is 18.9 Å². The van der Waals surface area contributed by atoms with E-state index in [9.17, 15) is 9.59 Å². The summed E-state index contributed by atoms with van der Waals surface area (Å²) in [6.07, 6.45) is 0. The van der Waals surface area contributed by atoms with Gasteiger partial charge >= 0.3 is 11.9 Å². The summed E-state index contributed by atoms with van der Waals surface area (Å²) in [5, 5.41) is 0. The molecular formula is C34H34O9. The predicted molar refractivity (Wildman–Crippen MR) is 159 cm³/mol. The van der Waals surface area contributed by atoms with Gasteiger partial charge in [-0.25, -0.2) is 9.59 Å². The number of carbonyl (C=O) groups is 2. The zero-order chi connectivity index (χ0) is 30.3. The summed E-state index contributed by atoms with van der Waals surface area (Å²) in [7, 11) is 2.62. The summed E-state index contributed by atoms with van der Waals surface area (Å²) < 4.78 is 38.8. The number of hydrogen-bond donors (Lipinski definition) is 0. The Kier molecular flexibility index (Phi) is 11.8. The number of benzene rings is 4. The van der Waals surface area contributed by atoms with Gasteiger partial charge < -0.3 is 33.2 Å². The topological polar surface area (TPSA) is 98.8 Å². The van der Waals surface area contributed by atoms with Gasteiger partial charge in [0.05, 0.1) is 27.4 Å². The van der Waals surface area contributed by atoms with Gasteiger partial charge in [0.25, 0.3) is 0 Å². The average Bonchev–Trinajstić information content (AvgIpc) is 3.06. The normalized spacial score (nSPS) is 10.5. The second-order valence-corrected chi connectivity index (χ2v) is 9.16. The molecule has 9 heteroatoms. The fourth-order valence-corrected chi connectivity index (χ4v) is 3.99. The van der Waals surface area contributed by atoms with Crippen molar-refractivity contribution in [3.63, 3.8) is 0 Å². The molecule has 43 heavy (non-hydrogen) atoms. The Hall–Kier alpha value is -5.02. The highest BCUT2D eigenvalue weighted by Crippen LogP contribution is 2.28. The number of hydrogen-bond acceptors (Lipinski definition) is 9. The van der Waals surface area contributed by atoms with Crippen molar-refractivity contribution in [2.24, 2.45) is 0 Å². The minimum Gasteiger partial charge on any atom is -0.490 e. The minimum atomic E-state index is -0.518. The molecule has 0 unspecified atom stereocenters. The third-order valence-corrected chi connectivity index (χ3v) is 6.18. The van der Waals surface area contributed by atoms with Crippen molar-refractivity contribution in [1.29, 1.82) is 0 Å². The lowest BCUT2D eigenvalue weighted by Gasteiger charge is -2.14. The molecule has 0 heterocycles. The highest BCUT2D eigenvalue weighted by atomic mass is 16.6. The molecule has 4 aromatic rings. The zero-order valence-corrected chi connectivity index (χ0v) is 24.2. The molecule has 9 nitrogen and oxygen atoms in total. The van der Waals surface area contributed by atoms with Gasteiger partial charge in [0.2, 0.25) is 0 Å². The molecule has 0 aliphatic rings. The molecule has 0 bridgehead atoms. The maximum Gasteiger partial charge on any atom is 0.341 e. The van der Waals surface area contributed by atoms with Crippen LogP contribution in [0.15, 0.2) is 97.1 Å². The van der Waals surface area contributed by atoms with Gasteiger partial charge in [-0.1, -0.05) is 60.7 Å². The van der Waals surface area contributed by atoms with Gasteiger partial charge in [0, 0.05) is 12.1 Å². The molecule has 4 rings (SSSR count). The molecule has 0 spiro atoms. The van der Waals surface area contributed by atoms with Crippen LogP contribution in [0.4, 0.5) is 0 Å². The van der Waals surface area contributed by atoms with Gasteiger partial charge in [-0.2, -0.15) is 0 Å². The number of rotatable bonds is 16. The van der Waals surface area contributed by atoms with Crippen molar-refractivity contribution in [2.45, 2.75) is 13.2 Å². The highest BCUT2D eigenvalue weighted by molar-refractivity contribution is 5.93. The Balaban J connectivity index is 1.26. The number of ether oxygens (including phenoxy) is 7. The Morgan fingerprint density at radius 3 is 1.33 bits per heavy atom. The van der Waals surface area contributed by atoms with Crippen molar-refractivity contribution in [2.75, 3.05) is 40.6 Å². The first kappa shape index (κ1) is 30.9. The van der Waals surface area contributed by atoms with E-state index in [0.29, 0.717) is 36.2 Å². The predicted octanol–water partition coefficient (Wildman–Crippen LogP) is 5.89.